The number of methoxy groups -OCH3 is 1. The van der Waals surface area contributed by atoms with Gasteiger partial charge in [-0.3, -0.25) is 0 Å². The maximum absolute atomic E-state index is 5.38. The van der Waals surface area contributed by atoms with Gasteiger partial charge in [-0.15, -0.1) is 0 Å². The molecule has 1 N–H and O–H groups in total. The van der Waals surface area contributed by atoms with Crippen LogP contribution in [0, 0.1) is 0 Å². The van der Waals surface area contributed by atoms with E-state index in [0.717, 1.165) is 38.2 Å². The lowest BCUT2D eigenvalue weighted by Gasteiger charge is -2.18. The van der Waals surface area contributed by atoms with Gasteiger partial charge in [0.05, 0.1) is 5.92 Å². The fourth-order valence-corrected chi connectivity index (χ4v) is 2.22. The molecule has 2 unspecified atom stereocenters. The lowest BCUT2D eigenvalue weighted by atomic mass is 10.00. The Balaban J connectivity index is 2.03. The lowest BCUT2D eigenvalue weighted by Crippen LogP contribution is -2.28. The molecule has 2 rings (SSSR count). The number of ether oxygens (including phenoxy) is 1. The molecule has 1 aliphatic rings. The van der Waals surface area contributed by atoms with Gasteiger partial charge in [0, 0.05) is 13.7 Å². The highest BCUT2D eigenvalue weighted by atomic mass is 16.5. The van der Waals surface area contributed by atoms with Crippen LogP contribution in [-0.4, -0.2) is 30.3 Å². The third-order valence-electron chi connectivity index (χ3n) is 3.23. The van der Waals surface area contributed by atoms with Gasteiger partial charge in [0.1, 0.15) is 6.10 Å². The molecular weight excluding hydrogens is 218 g/mol. The zero-order chi connectivity index (χ0) is 12.1. The van der Waals surface area contributed by atoms with Gasteiger partial charge in [0.2, 0.25) is 11.7 Å². The zero-order valence-corrected chi connectivity index (χ0v) is 10.6. The maximum atomic E-state index is 5.38. The molecule has 5 heteroatoms. The Kier molecular flexibility index (Phi) is 4.50. The lowest BCUT2D eigenvalue weighted by molar-refractivity contribution is 0.0854. The van der Waals surface area contributed by atoms with Crippen molar-refractivity contribution in [3.8, 4) is 0 Å². The van der Waals surface area contributed by atoms with Crippen molar-refractivity contribution in [2.45, 2.75) is 44.6 Å². The molecule has 1 aliphatic heterocycles. The van der Waals surface area contributed by atoms with Gasteiger partial charge in [0.25, 0.3) is 0 Å². The monoisotopic (exact) mass is 239 g/mol. The minimum atomic E-state index is -0.0333. The quantitative estimate of drug-likeness (QED) is 0.851. The van der Waals surface area contributed by atoms with Crippen LogP contribution in [0.15, 0.2) is 4.52 Å². The summed E-state index contributed by atoms with van der Waals surface area (Å²) in [6.07, 6.45) is 4.24. The van der Waals surface area contributed by atoms with Crippen molar-refractivity contribution in [2.24, 2.45) is 0 Å². The van der Waals surface area contributed by atoms with E-state index in [1.165, 1.54) is 6.42 Å². The van der Waals surface area contributed by atoms with Crippen LogP contribution < -0.4 is 5.32 Å². The molecule has 0 saturated carbocycles. The minimum absolute atomic E-state index is 0.0333. The van der Waals surface area contributed by atoms with Crippen LogP contribution >= 0.6 is 0 Å². The third kappa shape index (κ3) is 3.04. The Morgan fingerprint density at radius 1 is 1.59 bits per heavy atom. The number of hydrogen-bond donors (Lipinski definition) is 1. The Hall–Kier alpha value is -0.940. The number of aromatic nitrogens is 2. The van der Waals surface area contributed by atoms with Gasteiger partial charge in [-0.25, -0.2) is 0 Å². The van der Waals surface area contributed by atoms with E-state index in [-0.39, 0.29) is 6.10 Å². The standard InChI is InChI=1S/C12H21N3O2/c1-3-5-10(16-2)11-14-12(17-15-11)9-6-4-7-13-8-9/h9-10,13H,3-8H2,1-2H3. The zero-order valence-electron chi connectivity index (χ0n) is 10.6. The number of piperidine rings is 1. The second kappa shape index (κ2) is 6.12. The molecule has 0 radical (unpaired) electrons. The summed E-state index contributed by atoms with van der Waals surface area (Å²) < 4.78 is 10.7. The van der Waals surface area contributed by atoms with E-state index in [9.17, 15) is 0 Å². The van der Waals surface area contributed by atoms with E-state index in [1.807, 2.05) is 0 Å². The molecule has 0 bridgehead atoms. The van der Waals surface area contributed by atoms with E-state index in [2.05, 4.69) is 22.4 Å². The van der Waals surface area contributed by atoms with E-state index >= 15 is 0 Å². The average Bonchev–Trinajstić information content (AvgIpc) is 2.86. The van der Waals surface area contributed by atoms with E-state index in [0.29, 0.717) is 11.7 Å². The summed E-state index contributed by atoms with van der Waals surface area (Å²) in [5, 5.41) is 7.39. The highest BCUT2D eigenvalue weighted by molar-refractivity contribution is 4.98. The molecule has 0 aliphatic carbocycles. The van der Waals surface area contributed by atoms with E-state index < -0.39 is 0 Å². The van der Waals surface area contributed by atoms with E-state index in [1.54, 1.807) is 7.11 Å². The van der Waals surface area contributed by atoms with Gasteiger partial charge in [-0.1, -0.05) is 18.5 Å². The van der Waals surface area contributed by atoms with Crippen molar-refractivity contribution in [1.29, 1.82) is 0 Å². The summed E-state index contributed by atoms with van der Waals surface area (Å²) in [7, 11) is 1.69. The third-order valence-corrected chi connectivity index (χ3v) is 3.23. The number of nitrogens with zero attached hydrogens (tertiary/aromatic N) is 2. The summed E-state index contributed by atoms with van der Waals surface area (Å²) >= 11 is 0. The summed E-state index contributed by atoms with van der Waals surface area (Å²) in [4.78, 5) is 4.48. The van der Waals surface area contributed by atoms with Crippen LogP contribution in [0.2, 0.25) is 0 Å². The Morgan fingerprint density at radius 2 is 2.47 bits per heavy atom. The van der Waals surface area contributed by atoms with Gasteiger partial charge in [-0.2, -0.15) is 4.98 Å². The molecule has 5 nitrogen and oxygen atoms in total. The predicted molar refractivity (Wildman–Crippen MR) is 63.8 cm³/mol. The Labute approximate surface area is 102 Å². The summed E-state index contributed by atoms with van der Waals surface area (Å²) in [5.41, 5.74) is 0. The van der Waals surface area contributed by atoms with Crippen molar-refractivity contribution in [3.05, 3.63) is 11.7 Å². The highest BCUT2D eigenvalue weighted by Crippen LogP contribution is 2.25. The van der Waals surface area contributed by atoms with Crippen molar-refractivity contribution >= 4 is 0 Å². The van der Waals surface area contributed by atoms with Crippen molar-refractivity contribution in [2.75, 3.05) is 20.2 Å². The number of rotatable bonds is 5. The topological polar surface area (TPSA) is 60.2 Å². The molecule has 2 atom stereocenters. The molecule has 1 fully saturated rings. The van der Waals surface area contributed by atoms with Crippen LogP contribution in [0.25, 0.3) is 0 Å². The molecule has 96 valence electrons. The smallest absolute Gasteiger partial charge is 0.231 e. The fourth-order valence-electron chi connectivity index (χ4n) is 2.22. The summed E-state index contributed by atoms with van der Waals surface area (Å²) in [6, 6.07) is 0. The van der Waals surface area contributed by atoms with Gasteiger partial charge in [0.15, 0.2) is 0 Å². The first-order chi connectivity index (χ1) is 8.35. The summed E-state index contributed by atoms with van der Waals surface area (Å²) in [5.74, 6) is 1.81. The maximum Gasteiger partial charge on any atom is 0.231 e. The van der Waals surface area contributed by atoms with Crippen molar-refractivity contribution < 1.29 is 9.26 Å². The Bertz CT molecular complexity index is 315. The van der Waals surface area contributed by atoms with Crippen LogP contribution in [0.5, 0.6) is 0 Å². The molecular formula is C12H21N3O2. The number of nitrogens with one attached hydrogen (secondary N) is 1. The molecule has 0 amide bonds. The first kappa shape index (κ1) is 12.5. The molecule has 0 spiro atoms. The molecule has 17 heavy (non-hydrogen) atoms. The minimum Gasteiger partial charge on any atom is -0.373 e. The van der Waals surface area contributed by atoms with Crippen molar-refractivity contribution in [3.63, 3.8) is 0 Å². The first-order valence-electron chi connectivity index (χ1n) is 6.42. The fraction of sp³-hybridized carbons (Fsp3) is 0.833. The van der Waals surface area contributed by atoms with Crippen LogP contribution in [0.4, 0.5) is 0 Å². The first-order valence-corrected chi connectivity index (χ1v) is 6.42. The number of hydrogen-bond acceptors (Lipinski definition) is 5. The van der Waals surface area contributed by atoms with Gasteiger partial charge >= 0.3 is 0 Å². The predicted octanol–water partition coefficient (Wildman–Crippen LogP) is 2.02. The average molecular weight is 239 g/mol. The van der Waals surface area contributed by atoms with E-state index in [4.69, 9.17) is 9.26 Å². The molecule has 2 heterocycles. The molecule has 1 aromatic heterocycles. The van der Waals surface area contributed by atoms with Crippen LogP contribution in [-0.2, 0) is 4.74 Å². The largest absolute Gasteiger partial charge is 0.373 e. The van der Waals surface area contributed by atoms with Crippen molar-refractivity contribution in [1.82, 2.24) is 15.5 Å². The normalized spacial score (nSPS) is 22.6. The molecule has 1 aromatic rings. The van der Waals surface area contributed by atoms with Gasteiger partial charge in [-0.05, 0) is 25.8 Å². The SMILES string of the molecule is CCCC(OC)c1noc(C2CCCNC2)n1. The summed E-state index contributed by atoms with van der Waals surface area (Å²) in [6.45, 7) is 4.15. The van der Waals surface area contributed by atoms with Gasteiger partial charge < -0.3 is 14.6 Å². The second-order valence-electron chi connectivity index (χ2n) is 4.55. The molecule has 0 aromatic carbocycles. The van der Waals surface area contributed by atoms with Crippen LogP contribution in [0.1, 0.15) is 56.3 Å². The second-order valence-corrected chi connectivity index (χ2v) is 4.55. The molecule has 1 saturated heterocycles. The van der Waals surface area contributed by atoms with Crippen LogP contribution in [0.3, 0.4) is 0 Å². The Morgan fingerprint density at radius 3 is 3.12 bits per heavy atom. The highest BCUT2D eigenvalue weighted by Gasteiger charge is 2.23.